The van der Waals surface area contributed by atoms with Gasteiger partial charge in [-0.2, -0.15) is 4.39 Å². The fourth-order valence-electron chi connectivity index (χ4n) is 0.737. The molecule has 0 saturated carbocycles. The highest BCUT2D eigenvalue weighted by molar-refractivity contribution is 4.89. The summed E-state index contributed by atoms with van der Waals surface area (Å²) in [7, 11) is 0. The van der Waals surface area contributed by atoms with Gasteiger partial charge in [0.1, 0.15) is 0 Å². The Kier molecular flexibility index (Phi) is 4.16. The number of rotatable bonds is 4. The number of hydrogen-bond donors (Lipinski definition) is 0. The number of ether oxygens (including phenoxy) is 1. The van der Waals surface area contributed by atoms with E-state index < -0.39 is 5.85 Å². The highest BCUT2D eigenvalue weighted by Crippen LogP contribution is 2.20. The van der Waals surface area contributed by atoms with Crippen LogP contribution in [0.5, 0.6) is 0 Å². The number of hydrogen-bond acceptors (Lipinski definition) is 1. The molecule has 0 aromatic rings. The highest BCUT2D eigenvalue weighted by Gasteiger charge is 2.21. The van der Waals surface area contributed by atoms with E-state index in [4.69, 9.17) is 4.74 Å². The van der Waals surface area contributed by atoms with Gasteiger partial charge in [0.2, 0.25) is 5.85 Å². The molecule has 0 bridgehead atoms. The molecule has 0 fully saturated rings. The normalized spacial score (nSPS) is 17.7. The molecule has 0 aliphatic rings. The highest BCUT2D eigenvalue weighted by atomic mass is 19.2. The first-order chi connectivity index (χ1) is 5.02. The first-order valence-corrected chi connectivity index (χ1v) is 4.06. The minimum Gasteiger partial charge on any atom is -0.463 e. The summed E-state index contributed by atoms with van der Waals surface area (Å²) in [5.74, 6) is -0.838. The van der Waals surface area contributed by atoms with Crippen molar-refractivity contribution in [3.8, 4) is 0 Å². The molecule has 0 heterocycles. The van der Waals surface area contributed by atoms with Crippen LogP contribution in [0.25, 0.3) is 0 Å². The van der Waals surface area contributed by atoms with Crippen molar-refractivity contribution in [3.05, 3.63) is 11.8 Å². The zero-order valence-corrected chi connectivity index (χ0v) is 7.78. The van der Waals surface area contributed by atoms with Crippen LogP contribution in [-0.2, 0) is 4.74 Å². The van der Waals surface area contributed by atoms with Gasteiger partial charge in [-0.25, -0.2) is 0 Å². The fourth-order valence-corrected chi connectivity index (χ4v) is 0.737. The fraction of sp³-hybridized carbons (Fsp3) is 0.778. The molecule has 1 nitrogen and oxygen atoms in total. The van der Waals surface area contributed by atoms with E-state index in [2.05, 4.69) is 0 Å². The van der Waals surface area contributed by atoms with E-state index in [1.165, 1.54) is 6.92 Å². The van der Waals surface area contributed by atoms with Crippen LogP contribution in [0.4, 0.5) is 4.39 Å². The summed E-state index contributed by atoms with van der Waals surface area (Å²) in [5, 5.41) is 0. The lowest BCUT2D eigenvalue weighted by Gasteiger charge is -2.20. The van der Waals surface area contributed by atoms with Crippen LogP contribution >= 0.6 is 0 Å². The Morgan fingerprint density at radius 3 is 2.45 bits per heavy atom. The minimum atomic E-state index is -1.50. The monoisotopic (exact) mass is 160 g/mol. The van der Waals surface area contributed by atoms with Crippen molar-refractivity contribution in [3.63, 3.8) is 0 Å². The topological polar surface area (TPSA) is 9.23 Å². The van der Waals surface area contributed by atoms with Gasteiger partial charge in [-0.3, -0.25) is 0 Å². The van der Waals surface area contributed by atoms with Crippen molar-refractivity contribution in [2.24, 2.45) is 0 Å². The lowest BCUT2D eigenvalue weighted by Crippen LogP contribution is -2.19. The summed E-state index contributed by atoms with van der Waals surface area (Å²) in [6.45, 7) is 6.98. The molecule has 66 valence electrons. The maximum atomic E-state index is 13.1. The third-order valence-electron chi connectivity index (χ3n) is 1.50. The van der Waals surface area contributed by atoms with Crippen molar-refractivity contribution in [2.75, 3.05) is 0 Å². The first kappa shape index (κ1) is 10.5. The van der Waals surface area contributed by atoms with E-state index in [9.17, 15) is 4.39 Å². The van der Waals surface area contributed by atoms with E-state index in [0.29, 0.717) is 12.2 Å². The van der Waals surface area contributed by atoms with E-state index in [-0.39, 0.29) is 0 Å². The largest absolute Gasteiger partial charge is 0.463 e. The van der Waals surface area contributed by atoms with Gasteiger partial charge >= 0.3 is 0 Å². The average molecular weight is 160 g/mol. The molecule has 0 spiro atoms. The van der Waals surface area contributed by atoms with Gasteiger partial charge in [0.05, 0.1) is 5.76 Å². The van der Waals surface area contributed by atoms with Gasteiger partial charge in [0.15, 0.2) is 0 Å². The van der Waals surface area contributed by atoms with Crippen LogP contribution in [0.3, 0.4) is 0 Å². The molecule has 0 radical (unpaired) electrons. The molecule has 2 heteroatoms. The lowest BCUT2D eigenvalue weighted by atomic mass is 10.3. The second-order valence-electron chi connectivity index (χ2n) is 2.78. The number of halogens is 1. The van der Waals surface area contributed by atoms with Crippen LogP contribution in [0.1, 0.15) is 40.5 Å². The second-order valence-corrected chi connectivity index (χ2v) is 2.78. The molecular weight excluding hydrogens is 143 g/mol. The SMILES string of the molecule is CC/C=C(\C)OC(C)(F)CC. The Bertz CT molecular complexity index is 138. The molecule has 0 rings (SSSR count). The molecule has 0 saturated heterocycles. The van der Waals surface area contributed by atoms with Crippen LogP contribution in [-0.4, -0.2) is 5.85 Å². The summed E-state index contributed by atoms with van der Waals surface area (Å²) in [6.07, 6.45) is 3.13. The van der Waals surface area contributed by atoms with Gasteiger partial charge in [-0.1, -0.05) is 13.8 Å². The van der Waals surface area contributed by atoms with E-state index in [0.717, 1.165) is 6.42 Å². The Labute approximate surface area is 68.2 Å². The molecule has 0 aromatic carbocycles. The zero-order valence-electron chi connectivity index (χ0n) is 7.78. The second kappa shape index (κ2) is 4.37. The Hall–Kier alpha value is -0.530. The van der Waals surface area contributed by atoms with Gasteiger partial charge in [-0.05, 0) is 19.4 Å². The van der Waals surface area contributed by atoms with Crippen LogP contribution < -0.4 is 0 Å². The molecule has 11 heavy (non-hydrogen) atoms. The average Bonchev–Trinajstić information content (AvgIpc) is 1.87. The van der Waals surface area contributed by atoms with Gasteiger partial charge in [0, 0.05) is 13.3 Å². The van der Waals surface area contributed by atoms with Crippen LogP contribution in [0.2, 0.25) is 0 Å². The van der Waals surface area contributed by atoms with Crippen molar-refractivity contribution in [1.29, 1.82) is 0 Å². The smallest absolute Gasteiger partial charge is 0.244 e. The van der Waals surface area contributed by atoms with Gasteiger partial charge in [-0.15, -0.1) is 0 Å². The molecule has 0 amide bonds. The summed E-state index contributed by atoms with van der Waals surface area (Å²) in [5.41, 5.74) is 0. The third kappa shape index (κ3) is 4.82. The Morgan fingerprint density at radius 2 is 2.09 bits per heavy atom. The summed E-state index contributed by atoms with van der Waals surface area (Å²) >= 11 is 0. The van der Waals surface area contributed by atoms with Gasteiger partial charge < -0.3 is 4.74 Å². The molecule has 0 aliphatic heterocycles. The van der Waals surface area contributed by atoms with E-state index in [1.807, 2.05) is 13.0 Å². The summed E-state index contributed by atoms with van der Waals surface area (Å²) in [6, 6.07) is 0. The quantitative estimate of drug-likeness (QED) is 0.572. The predicted octanol–water partition coefficient (Wildman–Crippen LogP) is 3.41. The molecule has 0 aliphatic carbocycles. The molecule has 0 N–H and O–H groups in total. The van der Waals surface area contributed by atoms with E-state index in [1.54, 1.807) is 13.8 Å². The maximum Gasteiger partial charge on any atom is 0.244 e. The van der Waals surface area contributed by atoms with Crippen molar-refractivity contribution < 1.29 is 9.13 Å². The Balaban J connectivity index is 3.92. The molecular formula is C9H17FO. The summed E-state index contributed by atoms with van der Waals surface area (Å²) < 4.78 is 18.2. The van der Waals surface area contributed by atoms with Crippen molar-refractivity contribution >= 4 is 0 Å². The van der Waals surface area contributed by atoms with Crippen LogP contribution in [0.15, 0.2) is 11.8 Å². The first-order valence-electron chi connectivity index (χ1n) is 4.06. The number of allylic oxidation sites excluding steroid dienone is 2. The Morgan fingerprint density at radius 1 is 1.55 bits per heavy atom. The van der Waals surface area contributed by atoms with Crippen LogP contribution in [0, 0.1) is 0 Å². The number of alkyl halides is 1. The van der Waals surface area contributed by atoms with Gasteiger partial charge in [0.25, 0.3) is 0 Å². The minimum absolute atomic E-state index is 0.377. The van der Waals surface area contributed by atoms with Crippen molar-refractivity contribution in [1.82, 2.24) is 0 Å². The zero-order chi connectivity index (χ0) is 8.91. The summed E-state index contributed by atoms with van der Waals surface area (Å²) in [4.78, 5) is 0. The van der Waals surface area contributed by atoms with Crippen molar-refractivity contribution in [2.45, 2.75) is 46.4 Å². The molecule has 0 aromatic heterocycles. The van der Waals surface area contributed by atoms with E-state index >= 15 is 0 Å². The molecule has 1 atom stereocenters. The predicted molar refractivity (Wildman–Crippen MR) is 44.9 cm³/mol. The maximum absolute atomic E-state index is 13.1. The standard InChI is InChI=1S/C9H17FO/c1-5-7-8(3)11-9(4,10)6-2/h7H,5-6H2,1-4H3/b8-7+. The molecule has 1 unspecified atom stereocenters. The third-order valence-corrected chi connectivity index (χ3v) is 1.50. The lowest BCUT2D eigenvalue weighted by molar-refractivity contribution is -0.0972.